The molecule has 0 aromatic heterocycles. The molecule has 0 aliphatic rings. The van der Waals surface area contributed by atoms with Crippen LogP contribution in [0.25, 0.3) is 0 Å². The molecule has 0 heterocycles. The molecule has 1 unspecified atom stereocenters. The van der Waals surface area contributed by atoms with E-state index < -0.39 is 11.6 Å². The highest BCUT2D eigenvalue weighted by molar-refractivity contribution is 5.51. The fraction of sp³-hybridized carbons (Fsp3) is 0.417. The van der Waals surface area contributed by atoms with E-state index in [-0.39, 0.29) is 17.3 Å². The van der Waals surface area contributed by atoms with Crippen molar-refractivity contribution >= 4 is 5.69 Å². The van der Waals surface area contributed by atoms with E-state index in [1.54, 1.807) is 6.07 Å². The van der Waals surface area contributed by atoms with Gasteiger partial charge in [0.25, 0.3) is 0 Å². The second-order valence-electron chi connectivity index (χ2n) is 3.79. The summed E-state index contributed by atoms with van der Waals surface area (Å²) in [4.78, 5) is 0. The zero-order valence-corrected chi connectivity index (χ0v) is 9.63. The third kappa shape index (κ3) is 3.40. The first-order valence-electron chi connectivity index (χ1n) is 5.48. The summed E-state index contributed by atoms with van der Waals surface area (Å²) in [6, 6.07) is 3.54. The van der Waals surface area contributed by atoms with Gasteiger partial charge in [-0.15, -0.1) is 0 Å². The quantitative estimate of drug-likeness (QED) is 0.829. The van der Waals surface area contributed by atoms with Crippen LogP contribution in [0.1, 0.15) is 25.3 Å². The molecule has 0 radical (unpaired) electrons. The predicted octanol–water partition coefficient (Wildman–Crippen LogP) is 2.38. The van der Waals surface area contributed by atoms with Crippen molar-refractivity contribution in [3.8, 4) is 6.07 Å². The maximum absolute atomic E-state index is 13.5. The fourth-order valence-electron chi connectivity index (χ4n) is 1.58. The number of hydrogen-bond donors (Lipinski definition) is 2. The lowest BCUT2D eigenvalue weighted by Gasteiger charge is -2.18. The van der Waals surface area contributed by atoms with Crippen LogP contribution in [0, 0.1) is 23.0 Å². The van der Waals surface area contributed by atoms with Gasteiger partial charge in [0, 0.05) is 12.6 Å². The van der Waals surface area contributed by atoms with Crippen LogP contribution in [-0.4, -0.2) is 12.6 Å². The molecule has 1 aromatic carbocycles. The van der Waals surface area contributed by atoms with Gasteiger partial charge in [-0.25, -0.2) is 8.78 Å². The van der Waals surface area contributed by atoms with Crippen molar-refractivity contribution in [2.75, 3.05) is 11.9 Å². The second kappa shape index (κ2) is 6.16. The van der Waals surface area contributed by atoms with Gasteiger partial charge < -0.3 is 11.1 Å². The SMILES string of the molecule is CCCC(CN)Nc1c(F)cc(C#N)cc1F. The Morgan fingerprint density at radius 1 is 1.41 bits per heavy atom. The number of hydrogen-bond acceptors (Lipinski definition) is 3. The first-order chi connectivity index (χ1) is 8.12. The van der Waals surface area contributed by atoms with Crippen molar-refractivity contribution in [3.63, 3.8) is 0 Å². The van der Waals surface area contributed by atoms with Crippen LogP contribution in [0.5, 0.6) is 0 Å². The van der Waals surface area contributed by atoms with Gasteiger partial charge in [0.15, 0.2) is 11.6 Å². The van der Waals surface area contributed by atoms with Gasteiger partial charge in [0.2, 0.25) is 0 Å². The van der Waals surface area contributed by atoms with E-state index >= 15 is 0 Å². The zero-order valence-electron chi connectivity index (χ0n) is 9.63. The third-order valence-corrected chi connectivity index (χ3v) is 2.44. The van der Waals surface area contributed by atoms with Gasteiger partial charge >= 0.3 is 0 Å². The summed E-state index contributed by atoms with van der Waals surface area (Å²) in [5.74, 6) is -1.53. The van der Waals surface area contributed by atoms with E-state index in [1.165, 1.54) is 0 Å². The number of halogens is 2. The van der Waals surface area contributed by atoms with Crippen molar-refractivity contribution in [1.29, 1.82) is 5.26 Å². The molecule has 1 rings (SSSR count). The van der Waals surface area contributed by atoms with Gasteiger partial charge in [-0.05, 0) is 18.6 Å². The van der Waals surface area contributed by atoms with E-state index in [1.807, 2.05) is 6.92 Å². The van der Waals surface area contributed by atoms with Gasteiger partial charge in [0.05, 0.1) is 11.6 Å². The van der Waals surface area contributed by atoms with Crippen molar-refractivity contribution in [1.82, 2.24) is 0 Å². The molecule has 0 saturated heterocycles. The summed E-state index contributed by atoms with van der Waals surface area (Å²) < 4.78 is 27.1. The molecule has 0 saturated carbocycles. The summed E-state index contributed by atoms with van der Waals surface area (Å²) in [5.41, 5.74) is 5.25. The number of benzene rings is 1. The summed E-state index contributed by atoms with van der Waals surface area (Å²) in [5, 5.41) is 11.3. The van der Waals surface area contributed by atoms with Crippen LogP contribution >= 0.6 is 0 Å². The number of rotatable bonds is 5. The van der Waals surface area contributed by atoms with E-state index in [0.717, 1.165) is 25.0 Å². The van der Waals surface area contributed by atoms with Crippen molar-refractivity contribution in [2.24, 2.45) is 5.73 Å². The molecule has 5 heteroatoms. The fourth-order valence-corrected chi connectivity index (χ4v) is 1.58. The van der Waals surface area contributed by atoms with Gasteiger partial charge in [-0.2, -0.15) is 5.26 Å². The number of nitrogens with zero attached hydrogens (tertiary/aromatic N) is 1. The molecular formula is C12H15F2N3. The summed E-state index contributed by atoms with van der Waals surface area (Å²) in [6.07, 6.45) is 1.60. The van der Waals surface area contributed by atoms with Gasteiger partial charge in [-0.1, -0.05) is 13.3 Å². The molecular weight excluding hydrogens is 224 g/mol. The van der Waals surface area contributed by atoms with Crippen LogP contribution in [0.3, 0.4) is 0 Å². The smallest absolute Gasteiger partial charge is 0.150 e. The van der Waals surface area contributed by atoms with E-state index in [0.29, 0.717) is 6.54 Å². The standard InChI is InChI=1S/C12H15F2N3/c1-2-3-9(7-16)17-12-10(13)4-8(6-15)5-11(12)14/h4-5,9,17H,2-3,7,16H2,1H3. The molecule has 1 atom stereocenters. The maximum Gasteiger partial charge on any atom is 0.150 e. The van der Waals surface area contributed by atoms with Gasteiger partial charge in [0.1, 0.15) is 5.69 Å². The molecule has 3 nitrogen and oxygen atoms in total. The minimum Gasteiger partial charge on any atom is -0.376 e. The summed E-state index contributed by atoms with van der Waals surface area (Å²) in [7, 11) is 0. The number of nitriles is 1. The molecule has 3 N–H and O–H groups in total. The molecule has 0 aliphatic carbocycles. The number of nitrogens with one attached hydrogen (secondary N) is 1. The lowest BCUT2D eigenvalue weighted by Crippen LogP contribution is -2.29. The van der Waals surface area contributed by atoms with Crippen LogP contribution < -0.4 is 11.1 Å². The first-order valence-corrected chi connectivity index (χ1v) is 5.48. The van der Waals surface area contributed by atoms with Crippen LogP contribution in [-0.2, 0) is 0 Å². The Labute approximate surface area is 99.2 Å². The Kier molecular flexibility index (Phi) is 4.85. The normalized spacial score (nSPS) is 11.9. The lowest BCUT2D eigenvalue weighted by atomic mass is 10.1. The zero-order chi connectivity index (χ0) is 12.8. The largest absolute Gasteiger partial charge is 0.376 e. The number of nitrogens with two attached hydrogens (primary N) is 1. The van der Waals surface area contributed by atoms with Crippen LogP contribution in [0.15, 0.2) is 12.1 Å². The molecule has 0 aliphatic heterocycles. The molecule has 1 aromatic rings. The Bertz CT molecular complexity index is 403. The van der Waals surface area contributed by atoms with E-state index in [2.05, 4.69) is 5.32 Å². The van der Waals surface area contributed by atoms with Crippen LogP contribution in [0.4, 0.5) is 14.5 Å². The summed E-state index contributed by atoms with van der Waals surface area (Å²) >= 11 is 0. The summed E-state index contributed by atoms with van der Waals surface area (Å²) in [6.45, 7) is 2.27. The molecule has 92 valence electrons. The highest BCUT2D eigenvalue weighted by atomic mass is 19.1. The van der Waals surface area contributed by atoms with Crippen molar-refractivity contribution < 1.29 is 8.78 Å². The first kappa shape index (κ1) is 13.4. The Hall–Kier alpha value is -1.67. The van der Waals surface area contributed by atoms with Gasteiger partial charge in [-0.3, -0.25) is 0 Å². The average molecular weight is 239 g/mol. The van der Waals surface area contributed by atoms with E-state index in [4.69, 9.17) is 11.0 Å². The van der Waals surface area contributed by atoms with Crippen molar-refractivity contribution in [3.05, 3.63) is 29.3 Å². The predicted molar refractivity (Wildman–Crippen MR) is 62.4 cm³/mol. The maximum atomic E-state index is 13.5. The third-order valence-electron chi connectivity index (χ3n) is 2.44. The molecule has 0 amide bonds. The Morgan fingerprint density at radius 3 is 2.41 bits per heavy atom. The number of anilines is 1. The van der Waals surface area contributed by atoms with Crippen molar-refractivity contribution in [2.45, 2.75) is 25.8 Å². The molecule has 0 spiro atoms. The second-order valence-corrected chi connectivity index (χ2v) is 3.79. The Balaban J connectivity index is 2.95. The highest BCUT2D eigenvalue weighted by Crippen LogP contribution is 2.21. The van der Waals surface area contributed by atoms with E-state index in [9.17, 15) is 8.78 Å². The minimum absolute atomic E-state index is 0.0367. The average Bonchev–Trinajstić information content (AvgIpc) is 2.31. The minimum atomic E-state index is -0.767. The molecule has 17 heavy (non-hydrogen) atoms. The molecule has 0 fully saturated rings. The van der Waals surface area contributed by atoms with Crippen LogP contribution in [0.2, 0.25) is 0 Å². The lowest BCUT2D eigenvalue weighted by molar-refractivity contribution is 0.572. The highest BCUT2D eigenvalue weighted by Gasteiger charge is 2.14. The topological polar surface area (TPSA) is 61.8 Å². The monoisotopic (exact) mass is 239 g/mol. The Morgan fingerprint density at radius 2 is 2.00 bits per heavy atom. The molecule has 0 bridgehead atoms.